The van der Waals surface area contributed by atoms with Crippen molar-refractivity contribution in [3.63, 3.8) is 0 Å². The molecule has 0 spiro atoms. The maximum absolute atomic E-state index is 13.4. The average molecular weight is 764 g/mol. The molecule has 1 saturated heterocycles. The third-order valence-electron chi connectivity index (χ3n) is 8.08. The smallest absolute Gasteiger partial charge is 0.291 e. The molecule has 1 aliphatic carbocycles. The van der Waals surface area contributed by atoms with Gasteiger partial charge in [-0.3, -0.25) is 19.8 Å². The molecule has 0 unspecified atom stereocenters. The second-order valence-corrected chi connectivity index (χ2v) is 12.9. The molecule has 46 heavy (non-hydrogen) atoms. The minimum absolute atomic E-state index is 0.0604. The molecule has 3 heterocycles. The van der Waals surface area contributed by atoms with E-state index in [2.05, 4.69) is 62.2 Å². The number of halogens is 4. The Balaban J connectivity index is 0.000000181. The van der Waals surface area contributed by atoms with E-state index >= 15 is 0 Å². The summed E-state index contributed by atoms with van der Waals surface area (Å²) < 4.78 is 33.0. The van der Waals surface area contributed by atoms with Crippen molar-refractivity contribution in [2.24, 2.45) is 0 Å². The average Bonchev–Trinajstić information content (AvgIpc) is 3.82. The van der Waals surface area contributed by atoms with Crippen LogP contribution in [0.3, 0.4) is 0 Å². The van der Waals surface area contributed by atoms with Gasteiger partial charge in [0.15, 0.2) is 0 Å². The lowest BCUT2D eigenvalue weighted by Gasteiger charge is -2.34. The van der Waals surface area contributed by atoms with E-state index in [-0.39, 0.29) is 47.2 Å². The van der Waals surface area contributed by atoms with E-state index in [1.165, 1.54) is 31.2 Å². The van der Waals surface area contributed by atoms with Crippen LogP contribution in [0.2, 0.25) is 0 Å². The van der Waals surface area contributed by atoms with Crippen LogP contribution in [0, 0.1) is 11.6 Å². The highest BCUT2D eigenvalue weighted by molar-refractivity contribution is 9.10. The molecular weight excluding hydrogens is 730 g/mol. The molecule has 4 aromatic rings. The van der Waals surface area contributed by atoms with Crippen molar-refractivity contribution >= 4 is 43.7 Å². The number of H-pyrrole nitrogens is 2. The summed E-state index contributed by atoms with van der Waals surface area (Å²) in [6.45, 7) is 2.06. The monoisotopic (exact) mass is 762 g/mol. The van der Waals surface area contributed by atoms with Gasteiger partial charge in [-0.1, -0.05) is 31.4 Å². The van der Waals surface area contributed by atoms with Crippen molar-refractivity contribution in [3.05, 3.63) is 92.4 Å². The second kappa shape index (κ2) is 16.3. The van der Waals surface area contributed by atoms with Crippen molar-refractivity contribution in [1.29, 1.82) is 0 Å². The van der Waals surface area contributed by atoms with E-state index in [0.29, 0.717) is 35.2 Å². The van der Waals surface area contributed by atoms with Gasteiger partial charge in [0.2, 0.25) is 11.6 Å². The third kappa shape index (κ3) is 8.82. The lowest BCUT2D eigenvalue weighted by molar-refractivity contribution is 0.0260. The van der Waals surface area contributed by atoms with Crippen molar-refractivity contribution in [1.82, 2.24) is 40.2 Å². The van der Waals surface area contributed by atoms with Gasteiger partial charge in [-0.05, 0) is 92.9 Å². The van der Waals surface area contributed by atoms with Gasteiger partial charge in [-0.25, -0.2) is 18.7 Å². The van der Waals surface area contributed by atoms with Crippen LogP contribution in [-0.2, 0) is 17.8 Å². The van der Waals surface area contributed by atoms with Gasteiger partial charge in [0, 0.05) is 38.4 Å². The van der Waals surface area contributed by atoms with Gasteiger partial charge in [-0.15, -0.1) is 0 Å². The number of hydrogen-bond acceptors (Lipinski definition) is 7. The summed E-state index contributed by atoms with van der Waals surface area (Å²) in [5.74, 6) is -0.549. The number of ether oxygens (including phenoxy) is 1. The maximum Gasteiger partial charge on any atom is 0.291 e. The minimum Gasteiger partial charge on any atom is -0.381 e. The normalized spacial score (nSPS) is 15.6. The molecule has 0 bridgehead atoms. The highest BCUT2D eigenvalue weighted by Crippen LogP contribution is 2.27. The minimum atomic E-state index is -0.326. The van der Waals surface area contributed by atoms with E-state index < -0.39 is 0 Å². The number of amides is 2. The number of aromatic nitrogens is 6. The first-order valence-electron chi connectivity index (χ1n) is 15.1. The fourth-order valence-corrected chi connectivity index (χ4v) is 6.53. The molecule has 15 heteroatoms. The van der Waals surface area contributed by atoms with Crippen molar-refractivity contribution in [3.8, 4) is 0 Å². The van der Waals surface area contributed by atoms with Crippen LogP contribution in [-0.4, -0.2) is 77.3 Å². The van der Waals surface area contributed by atoms with Crippen LogP contribution in [0.1, 0.15) is 77.3 Å². The summed E-state index contributed by atoms with van der Waals surface area (Å²) in [7, 11) is 0. The summed E-state index contributed by atoms with van der Waals surface area (Å²) in [6, 6.07) is 9.85. The SMILES string of the molecule is O=C(c1ncn[nH]1)N(Cc1ccc(F)c(Br)c1)C1CCCCC1.O=C(c1ncn[nH]1)N(Cc1ccc(F)c(Br)c1)C1CCOCC1. The van der Waals surface area contributed by atoms with Crippen LogP contribution in [0.4, 0.5) is 8.78 Å². The fourth-order valence-electron chi connectivity index (χ4n) is 5.68. The topological polar surface area (TPSA) is 133 Å². The molecule has 6 rings (SSSR count). The van der Waals surface area contributed by atoms with E-state index in [1.807, 2.05) is 4.90 Å². The zero-order valence-electron chi connectivity index (χ0n) is 25.0. The number of benzene rings is 2. The van der Waals surface area contributed by atoms with Crippen molar-refractivity contribution in [2.75, 3.05) is 13.2 Å². The molecule has 2 fully saturated rings. The Kier molecular flexibility index (Phi) is 12.0. The number of rotatable bonds is 8. The lowest BCUT2D eigenvalue weighted by Crippen LogP contribution is -2.43. The summed E-state index contributed by atoms with van der Waals surface area (Å²) in [5.41, 5.74) is 1.73. The molecular formula is C31H34Br2F2N8O3. The molecule has 0 atom stereocenters. The number of aromatic amines is 2. The predicted molar refractivity (Wildman–Crippen MR) is 171 cm³/mol. The molecule has 2 aromatic carbocycles. The van der Waals surface area contributed by atoms with E-state index in [9.17, 15) is 18.4 Å². The lowest BCUT2D eigenvalue weighted by atomic mass is 9.93. The van der Waals surface area contributed by atoms with Crippen LogP contribution >= 0.6 is 31.9 Å². The first-order valence-corrected chi connectivity index (χ1v) is 16.7. The highest BCUT2D eigenvalue weighted by Gasteiger charge is 2.29. The fraction of sp³-hybridized carbons (Fsp3) is 0.419. The molecule has 11 nitrogen and oxygen atoms in total. The van der Waals surface area contributed by atoms with Gasteiger partial charge in [0.1, 0.15) is 24.3 Å². The largest absolute Gasteiger partial charge is 0.381 e. The third-order valence-corrected chi connectivity index (χ3v) is 9.29. The Labute approximate surface area is 281 Å². The molecule has 2 aromatic heterocycles. The van der Waals surface area contributed by atoms with Crippen molar-refractivity contribution < 1.29 is 23.1 Å². The molecule has 2 aliphatic rings. The summed E-state index contributed by atoms with van der Waals surface area (Å²) in [4.78, 5) is 37.0. The number of carbonyl (C=O) groups is 2. The Bertz CT molecular complexity index is 1460. The maximum atomic E-state index is 13.4. The van der Waals surface area contributed by atoms with Gasteiger partial charge in [0.05, 0.1) is 8.95 Å². The van der Waals surface area contributed by atoms with Crippen LogP contribution in [0.15, 0.2) is 58.0 Å². The summed E-state index contributed by atoms with van der Waals surface area (Å²) in [5, 5.41) is 12.8. The molecule has 244 valence electrons. The van der Waals surface area contributed by atoms with Crippen LogP contribution in [0.25, 0.3) is 0 Å². The zero-order valence-corrected chi connectivity index (χ0v) is 28.1. The first kappa shape index (κ1) is 33.8. The molecule has 2 amide bonds. The van der Waals surface area contributed by atoms with Crippen LogP contribution < -0.4 is 0 Å². The number of nitrogens with zero attached hydrogens (tertiary/aromatic N) is 6. The van der Waals surface area contributed by atoms with Gasteiger partial charge < -0.3 is 14.5 Å². The quantitative estimate of drug-likeness (QED) is 0.218. The van der Waals surface area contributed by atoms with E-state index in [4.69, 9.17) is 4.74 Å². The molecule has 1 aliphatic heterocycles. The Morgan fingerprint density at radius 2 is 1.20 bits per heavy atom. The number of nitrogens with one attached hydrogen (secondary N) is 2. The van der Waals surface area contributed by atoms with Crippen molar-refractivity contribution in [2.45, 2.75) is 70.1 Å². The molecule has 2 N–H and O–H groups in total. The number of carbonyl (C=O) groups excluding carboxylic acids is 2. The van der Waals surface area contributed by atoms with Gasteiger partial charge in [-0.2, -0.15) is 10.2 Å². The predicted octanol–water partition coefficient (Wildman–Crippen LogP) is 6.21. The second-order valence-electron chi connectivity index (χ2n) is 11.2. The van der Waals surface area contributed by atoms with Gasteiger partial charge in [0.25, 0.3) is 11.8 Å². The summed E-state index contributed by atoms with van der Waals surface area (Å²) in [6.07, 6.45) is 9.61. The van der Waals surface area contributed by atoms with Crippen LogP contribution in [0.5, 0.6) is 0 Å². The molecule has 1 saturated carbocycles. The zero-order chi connectivity index (χ0) is 32.5. The van der Waals surface area contributed by atoms with Gasteiger partial charge >= 0.3 is 0 Å². The first-order chi connectivity index (χ1) is 22.3. The molecule has 0 radical (unpaired) electrons. The van der Waals surface area contributed by atoms with E-state index in [1.54, 1.807) is 29.2 Å². The highest BCUT2D eigenvalue weighted by atomic mass is 79.9. The van der Waals surface area contributed by atoms with E-state index in [0.717, 1.165) is 49.7 Å². The Morgan fingerprint density at radius 3 is 1.61 bits per heavy atom. The number of hydrogen-bond donors (Lipinski definition) is 2. The Hall–Kier alpha value is -3.56. The summed E-state index contributed by atoms with van der Waals surface area (Å²) >= 11 is 6.38. The standard InChI is InChI=1S/C16H18BrFN4O.C15H16BrFN4O2/c17-13-8-11(6-7-14(13)18)9-22(12-4-2-1-3-5-12)16(23)15-19-10-20-21-15;16-12-7-10(1-2-13(12)17)8-21(11-3-5-23-6-4-11)15(22)14-18-9-19-20-14/h6-8,10,12H,1-5,9H2,(H,19,20,21);1-2,7,9,11H,3-6,8H2,(H,18,19,20). The Morgan fingerprint density at radius 1 is 0.739 bits per heavy atom.